The van der Waals surface area contributed by atoms with Crippen molar-refractivity contribution in [1.82, 2.24) is 9.97 Å². The lowest BCUT2D eigenvalue weighted by atomic mass is 10.2. The molecule has 0 aliphatic carbocycles. The predicted octanol–water partition coefficient (Wildman–Crippen LogP) is 4.50. The summed E-state index contributed by atoms with van der Waals surface area (Å²) in [5, 5.41) is 3.14. The molecule has 4 rings (SSSR count). The maximum absolute atomic E-state index is 13.3. The van der Waals surface area contributed by atoms with Gasteiger partial charge in [0.25, 0.3) is 0 Å². The van der Waals surface area contributed by atoms with Gasteiger partial charge < -0.3 is 14.8 Å². The third kappa shape index (κ3) is 4.62. The summed E-state index contributed by atoms with van der Waals surface area (Å²) >= 11 is 0. The van der Waals surface area contributed by atoms with Gasteiger partial charge in [-0.3, -0.25) is 0 Å². The summed E-state index contributed by atoms with van der Waals surface area (Å²) < 4.78 is 49.9. The molecule has 0 saturated carbocycles. The van der Waals surface area contributed by atoms with Crippen molar-refractivity contribution < 1.29 is 22.3 Å². The minimum Gasteiger partial charge on any atom is -0.497 e. The van der Waals surface area contributed by atoms with Crippen LogP contribution in [0.2, 0.25) is 0 Å². The van der Waals surface area contributed by atoms with Crippen molar-refractivity contribution in [3.63, 3.8) is 0 Å². The van der Waals surface area contributed by atoms with E-state index in [1.165, 1.54) is 26.4 Å². The summed E-state index contributed by atoms with van der Waals surface area (Å²) in [5.74, 6) is 0.468. The maximum atomic E-state index is 13.3. The Bertz CT molecular complexity index is 1350. The van der Waals surface area contributed by atoms with Gasteiger partial charge in [-0.2, -0.15) is 0 Å². The van der Waals surface area contributed by atoms with Crippen LogP contribution in [0.5, 0.6) is 11.5 Å². The molecule has 0 saturated heterocycles. The predicted molar refractivity (Wildman–Crippen MR) is 120 cm³/mol. The van der Waals surface area contributed by atoms with Crippen LogP contribution in [0.1, 0.15) is 5.69 Å². The summed E-state index contributed by atoms with van der Waals surface area (Å²) in [6.07, 6.45) is 0. The molecule has 0 bridgehead atoms. The number of sulfone groups is 1. The monoisotopic (exact) mass is 453 g/mol. The Labute approximate surface area is 184 Å². The normalized spacial score (nSPS) is 11.3. The van der Waals surface area contributed by atoms with Gasteiger partial charge in [-0.25, -0.2) is 22.8 Å². The van der Waals surface area contributed by atoms with Crippen LogP contribution in [-0.4, -0.2) is 32.6 Å². The van der Waals surface area contributed by atoms with Gasteiger partial charge >= 0.3 is 0 Å². The lowest BCUT2D eigenvalue weighted by molar-refractivity contribution is 0.395. The van der Waals surface area contributed by atoms with Gasteiger partial charge in [0.05, 0.1) is 35.8 Å². The second-order valence-electron chi connectivity index (χ2n) is 6.95. The van der Waals surface area contributed by atoms with Crippen molar-refractivity contribution in [3.05, 3.63) is 78.2 Å². The molecule has 0 atom stereocenters. The third-order valence-electron chi connectivity index (χ3n) is 4.76. The fourth-order valence-electron chi connectivity index (χ4n) is 3.16. The Balaban J connectivity index is 1.78. The highest BCUT2D eigenvalue weighted by Crippen LogP contribution is 2.30. The minimum atomic E-state index is -3.80. The molecule has 0 radical (unpaired) electrons. The molecule has 7 nitrogen and oxygen atoms in total. The molecule has 4 aromatic rings. The fourth-order valence-corrected chi connectivity index (χ4v) is 4.44. The van der Waals surface area contributed by atoms with Gasteiger partial charge in [0.15, 0.2) is 15.7 Å². The van der Waals surface area contributed by atoms with Crippen molar-refractivity contribution in [2.45, 2.75) is 10.6 Å². The molecule has 32 heavy (non-hydrogen) atoms. The van der Waals surface area contributed by atoms with E-state index in [4.69, 9.17) is 9.47 Å². The molecule has 0 aliphatic rings. The van der Waals surface area contributed by atoms with Crippen molar-refractivity contribution in [2.24, 2.45) is 0 Å². The summed E-state index contributed by atoms with van der Waals surface area (Å²) in [5.41, 5.74) is 1.99. The number of methoxy groups -OCH3 is 2. The molecular formula is C23H20FN3O4S. The van der Waals surface area contributed by atoms with E-state index in [1.807, 2.05) is 6.07 Å². The largest absolute Gasteiger partial charge is 0.497 e. The highest BCUT2D eigenvalue weighted by molar-refractivity contribution is 7.90. The van der Waals surface area contributed by atoms with E-state index in [0.717, 1.165) is 12.1 Å². The van der Waals surface area contributed by atoms with E-state index in [1.54, 1.807) is 36.4 Å². The van der Waals surface area contributed by atoms with Gasteiger partial charge in [-0.05, 0) is 36.4 Å². The maximum Gasteiger partial charge on any atom is 0.184 e. The zero-order chi connectivity index (χ0) is 22.7. The average molecular weight is 453 g/mol. The Morgan fingerprint density at radius 1 is 0.875 bits per heavy atom. The highest BCUT2D eigenvalue weighted by atomic mass is 32.2. The smallest absolute Gasteiger partial charge is 0.184 e. The molecule has 1 N–H and O–H groups in total. The Kier molecular flexibility index (Phi) is 5.91. The van der Waals surface area contributed by atoms with Crippen molar-refractivity contribution in [2.75, 3.05) is 19.5 Å². The molecule has 9 heteroatoms. The molecule has 0 aliphatic heterocycles. The molecule has 0 spiro atoms. The summed E-state index contributed by atoms with van der Waals surface area (Å²) in [7, 11) is -0.724. The van der Waals surface area contributed by atoms with Gasteiger partial charge in [0, 0.05) is 23.9 Å². The Hall–Kier alpha value is -3.72. The van der Waals surface area contributed by atoms with Crippen LogP contribution in [0.15, 0.2) is 71.6 Å². The van der Waals surface area contributed by atoms with Crippen LogP contribution in [0.3, 0.4) is 0 Å². The third-order valence-corrected chi connectivity index (χ3v) is 6.40. The average Bonchev–Trinajstić information content (AvgIpc) is 2.79. The van der Waals surface area contributed by atoms with Crippen LogP contribution in [0, 0.1) is 5.82 Å². The Morgan fingerprint density at radius 2 is 1.47 bits per heavy atom. The zero-order valence-corrected chi connectivity index (χ0v) is 18.2. The second-order valence-corrected chi connectivity index (χ2v) is 8.94. The Morgan fingerprint density at radius 3 is 2.06 bits per heavy atom. The van der Waals surface area contributed by atoms with Crippen LogP contribution in [0.25, 0.3) is 11.0 Å². The van der Waals surface area contributed by atoms with Crippen molar-refractivity contribution in [1.29, 1.82) is 0 Å². The van der Waals surface area contributed by atoms with Crippen LogP contribution in [-0.2, 0) is 15.6 Å². The molecule has 1 aromatic heterocycles. The first-order chi connectivity index (χ1) is 15.4. The summed E-state index contributed by atoms with van der Waals surface area (Å²) in [6, 6.07) is 17.1. The number of halogens is 1. The number of hydrogen-bond acceptors (Lipinski definition) is 7. The minimum absolute atomic E-state index is 0.00265. The van der Waals surface area contributed by atoms with E-state index < -0.39 is 21.4 Å². The number of para-hydroxylation sites is 2. The standard InChI is InChI=1S/C23H20FN3O4S/c1-30-17-11-16(12-18(13-17)31-2)25-23-22(26-20-5-3-4-6-21(20)27-23)14-32(28,29)19-9-7-15(24)8-10-19/h3-13H,14H2,1-2H3,(H,25,27). The van der Waals surface area contributed by atoms with Gasteiger partial charge in [-0.1, -0.05) is 12.1 Å². The molecule has 0 amide bonds. The summed E-state index contributed by atoms with van der Waals surface area (Å²) in [4.78, 5) is 9.14. The molecule has 0 fully saturated rings. The molecule has 1 heterocycles. The number of anilines is 2. The number of fused-ring (bicyclic) bond motifs is 1. The first-order valence-electron chi connectivity index (χ1n) is 9.62. The second kappa shape index (κ2) is 8.80. The topological polar surface area (TPSA) is 90.4 Å². The van der Waals surface area contributed by atoms with Crippen LogP contribution >= 0.6 is 0 Å². The van der Waals surface area contributed by atoms with Crippen molar-refractivity contribution in [3.8, 4) is 11.5 Å². The molecular weight excluding hydrogens is 433 g/mol. The number of hydrogen-bond donors (Lipinski definition) is 1. The van der Waals surface area contributed by atoms with Gasteiger partial charge in [0.2, 0.25) is 0 Å². The number of nitrogens with zero attached hydrogens (tertiary/aromatic N) is 2. The van der Waals surface area contributed by atoms with Crippen LogP contribution < -0.4 is 14.8 Å². The van der Waals surface area contributed by atoms with Crippen LogP contribution in [0.4, 0.5) is 15.9 Å². The van der Waals surface area contributed by atoms with Crippen molar-refractivity contribution >= 4 is 32.4 Å². The lowest BCUT2D eigenvalue weighted by Gasteiger charge is -2.14. The number of nitrogens with one attached hydrogen (secondary N) is 1. The fraction of sp³-hybridized carbons (Fsp3) is 0.130. The molecule has 164 valence electrons. The van der Waals surface area contributed by atoms with Gasteiger partial charge in [-0.15, -0.1) is 0 Å². The number of ether oxygens (including phenoxy) is 2. The summed E-state index contributed by atoms with van der Waals surface area (Å²) in [6.45, 7) is 0. The van der Waals surface area contributed by atoms with E-state index in [9.17, 15) is 12.8 Å². The molecule has 0 unspecified atom stereocenters. The quantitative estimate of drug-likeness (QED) is 0.412. The first kappa shape index (κ1) is 21.5. The van der Waals surface area contributed by atoms with E-state index in [0.29, 0.717) is 28.2 Å². The lowest BCUT2D eigenvalue weighted by Crippen LogP contribution is -2.10. The van der Waals surface area contributed by atoms with E-state index in [2.05, 4.69) is 15.3 Å². The SMILES string of the molecule is COc1cc(Nc2nc3ccccc3nc2CS(=O)(=O)c2ccc(F)cc2)cc(OC)c1. The van der Waals surface area contributed by atoms with E-state index in [-0.39, 0.29) is 16.4 Å². The highest BCUT2D eigenvalue weighted by Gasteiger charge is 2.21. The first-order valence-corrected chi connectivity index (χ1v) is 11.3. The number of aromatic nitrogens is 2. The molecule has 3 aromatic carbocycles. The number of rotatable bonds is 7. The van der Waals surface area contributed by atoms with Gasteiger partial charge in [0.1, 0.15) is 23.1 Å². The van der Waals surface area contributed by atoms with E-state index >= 15 is 0 Å². The number of benzene rings is 3. The zero-order valence-electron chi connectivity index (χ0n) is 17.4.